The van der Waals surface area contributed by atoms with Gasteiger partial charge in [-0.15, -0.1) is 0 Å². The molecule has 0 radical (unpaired) electrons. The van der Waals surface area contributed by atoms with E-state index in [4.69, 9.17) is 5.73 Å². The zero-order chi connectivity index (χ0) is 14.4. The Morgan fingerprint density at radius 1 is 1.47 bits per heavy atom. The van der Waals surface area contributed by atoms with Crippen LogP contribution in [-0.4, -0.2) is 29.0 Å². The molecular weight excluding hydrogens is 250 g/mol. The molecule has 0 aliphatic carbocycles. The van der Waals surface area contributed by atoms with Crippen molar-refractivity contribution in [2.24, 2.45) is 5.73 Å². The van der Waals surface area contributed by atoms with Gasteiger partial charge in [0.2, 0.25) is 0 Å². The monoisotopic (exact) mass is 267 g/mol. The zero-order valence-electron chi connectivity index (χ0n) is 10.9. The fourth-order valence-electron chi connectivity index (χ4n) is 1.71. The number of aryl methyl sites for hydroxylation is 1. The number of nitrogens with zero attached hydrogens (tertiary/aromatic N) is 2. The van der Waals surface area contributed by atoms with E-state index < -0.39 is 11.0 Å². The maximum Gasteiger partial charge on any atom is 0.312 e. The molecule has 0 bridgehead atoms. The summed E-state index contributed by atoms with van der Waals surface area (Å²) >= 11 is 0. The number of pyridine rings is 1. The van der Waals surface area contributed by atoms with Gasteiger partial charge in [-0.25, -0.2) is 4.79 Å². The topological polar surface area (TPSA) is 123 Å². The predicted molar refractivity (Wildman–Crippen MR) is 69.7 cm³/mol. The smallest absolute Gasteiger partial charge is 0.312 e. The molecule has 0 saturated heterocycles. The molecule has 1 aromatic heterocycles. The van der Waals surface area contributed by atoms with Crippen LogP contribution in [0.15, 0.2) is 6.20 Å². The summed E-state index contributed by atoms with van der Waals surface area (Å²) in [6.07, 6.45) is 1.49. The number of amides is 2. The van der Waals surface area contributed by atoms with Gasteiger partial charge in [0, 0.05) is 37.0 Å². The number of carbonyl (C=O) groups is 1. The maximum absolute atomic E-state index is 10.9. The second-order valence-electron chi connectivity index (χ2n) is 4.09. The molecule has 0 atom stereocenters. The fourth-order valence-corrected chi connectivity index (χ4v) is 1.71. The van der Waals surface area contributed by atoms with Gasteiger partial charge in [-0.3, -0.25) is 15.1 Å². The first-order chi connectivity index (χ1) is 8.93. The van der Waals surface area contributed by atoms with E-state index in [0.29, 0.717) is 36.5 Å². The van der Waals surface area contributed by atoms with Crippen LogP contribution in [0.4, 0.5) is 10.5 Å². The molecule has 0 aliphatic rings. The molecule has 19 heavy (non-hydrogen) atoms. The molecule has 8 heteroatoms. The minimum Gasteiger partial charge on any atom is -0.352 e. The average Bonchev–Trinajstić information content (AvgIpc) is 2.30. The Balaban J connectivity index is 2.62. The molecule has 8 nitrogen and oxygen atoms in total. The lowest BCUT2D eigenvalue weighted by atomic mass is 10.1. The Morgan fingerprint density at radius 3 is 2.74 bits per heavy atom. The average molecular weight is 267 g/mol. The van der Waals surface area contributed by atoms with E-state index in [-0.39, 0.29) is 5.69 Å². The predicted octanol–water partition coefficient (Wildman–Crippen LogP) is 0.365. The van der Waals surface area contributed by atoms with Crippen molar-refractivity contribution in [3.05, 3.63) is 33.1 Å². The first-order valence-corrected chi connectivity index (χ1v) is 5.77. The van der Waals surface area contributed by atoms with Crippen LogP contribution in [0.2, 0.25) is 0 Å². The number of nitro groups is 1. The van der Waals surface area contributed by atoms with Crippen molar-refractivity contribution in [3.63, 3.8) is 0 Å². The Bertz CT molecular complexity index is 489. The molecule has 2 amide bonds. The molecular formula is C11H17N5O3. The van der Waals surface area contributed by atoms with Gasteiger partial charge in [0.25, 0.3) is 5.69 Å². The second-order valence-corrected chi connectivity index (χ2v) is 4.09. The molecule has 0 spiro atoms. The molecule has 1 heterocycles. The van der Waals surface area contributed by atoms with Gasteiger partial charge >= 0.3 is 6.03 Å². The van der Waals surface area contributed by atoms with Crippen molar-refractivity contribution in [1.82, 2.24) is 15.6 Å². The largest absolute Gasteiger partial charge is 0.352 e. The van der Waals surface area contributed by atoms with Crippen LogP contribution in [0.1, 0.15) is 16.8 Å². The highest BCUT2D eigenvalue weighted by atomic mass is 16.6. The second kappa shape index (κ2) is 6.64. The maximum atomic E-state index is 10.9. The van der Waals surface area contributed by atoms with E-state index in [1.807, 2.05) is 0 Å². The molecule has 104 valence electrons. The highest BCUT2D eigenvalue weighted by Gasteiger charge is 2.18. The van der Waals surface area contributed by atoms with Crippen molar-refractivity contribution in [2.75, 3.05) is 13.1 Å². The van der Waals surface area contributed by atoms with Crippen LogP contribution in [0.3, 0.4) is 0 Å². The molecule has 1 rings (SSSR count). The fraction of sp³-hybridized carbons (Fsp3) is 0.455. The minimum atomic E-state index is -0.581. The lowest BCUT2D eigenvalue weighted by molar-refractivity contribution is -0.386. The molecule has 0 unspecified atom stereocenters. The number of primary amides is 1. The Labute approximate surface area is 110 Å². The lowest BCUT2D eigenvalue weighted by Gasteiger charge is -2.08. The third-order valence-corrected chi connectivity index (χ3v) is 2.65. The van der Waals surface area contributed by atoms with Crippen LogP contribution in [-0.2, 0) is 6.54 Å². The Kier molecular flexibility index (Phi) is 5.19. The van der Waals surface area contributed by atoms with E-state index in [1.165, 1.54) is 6.20 Å². The first kappa shape index (κ1) is 14.8. The van der Waals surface area contributed by atoms with Crippen LogP contribution in [0.5, 0.6) is 0 Å². The van der Waals surface area contributed by atoms with E-state index in [9.17, 15) is 14.9 Å². The summed E-state index contributed by atoms with van der Waals surface area (Å²) in [6.45, 7) is 4.63. The summed E-state index contributed by atoms with van der Waals surface area (Å²) in [6, 6.07) is -0.581. The van der Waals surface area contributed by atoms with Gasteiger partial charge in [0.15, 0.2) is 0 Å². The summed E-state index contributed by atoms with van der Waals surface area (Å²) in [5.74, 6) is 0. The van der Waals surface area contributed by atoms with Gasteiger partial charge in [-0.2, -0.15) is 0 Å². The number of carbonyl (C=O) groups excluding carboxylic acids is 1. The van der Waals surface area contributed by atoms with Gasteiger partial charge < -0.3 is 16.4 Å². The normalized spacial score (nSPS) is 10.2. The van der Waals surface area contributed by atoms with Crippen molar-refractivity contribution >= 4 is 11.7 Å². The van der Waals surface area contributed by atoms with Gasteiger partial charge in [-0.05, 0) is 13.8 Å². The lowest BCUT2D eigenvalue weighted by Crippen LogP contribution is -2.35. The van der Waals surface area contributed by atoms with E-state index >= 15 is 0 Å². The first-order valence-electron chi connectivity index (χ1n) is 5.77. The number of nitrogens with one attached hydrogen (secondary N) is 2. The summed E-state index contributed by atoms with van der Waals surface area (Å²) in [4.78, 5) is 25.2. The van der Waals surface area contributed by atoms with Crippen molar-refractivity contribution < 1.29 is 9.72 Å². The van der Waals surface area contributed by atoms with Gasteiger partial charge in [-0.1, -0.05) is 0 Å². The number of urea groups is 1. The van der Waals surface area contributed by atoms with Crippen LogP contribution in [0, 0.1) is 24.0 Å². The molecule has 0 fully saturated rings. The number of aromatic nitrogens is 1. The summed E-state index contributed by atoms with van der Waals surface area (Å²) in [5.41, 5.74) is 6.73. The quantitative estimate of drug-likeness (QED) is 0.390. The molecule has 0 saturated carbocycles. The van der Waals surface area contributed by atoms with E-state index in [2.05, 4.69) is 15.6 Å². The van der Waals surface area contributed by atoms with Gasteiger partial charge in [0.05, 0.1) is 10.6 Å². The molecule has 0 aromatic carbocycles. The van der Waals surface area contributed by atoms with Crippen molar-refractivity contribution in [3.8, 4) is 0 Å². The third-order valence-electron chi connectivity index (χ3n) is 2.65. The third kappa shape index (κ3) is 4.18. The summed E-state index contributed by atoms with van der Waals surface area (Å²) < 4.78 is 0. The Morgan fingerprint density at radius 2 is 2.16 bits per heavy atom. The summed E-state index contributed by atoms with van der Waals surface area (Å²) in [7, 11) is 0. The number of hydrogen-bond acceptors (Lipinski definition) is 5. The highest BCUT2D eigenvalue weighted by molar-refractivity contribution is 5.71. The molecule has 4 N–H and O–H groups in total. The number of rotatable bonds is 6. The van der Waals surface area contributed by atoms with Crippen LogP contribution >= 0.6 is 0 Å². The number of nitrogens with two attached hydrogens (primary N) is 1. The number of hydrogen-bond donors (Lipinski definition) is 3. The van der Waals surface area contributed by atoms with E-state index in [0.717, 1.165) is 0 Å². The molecule has 1 aromatic rings. The van der Waals surface area contributed by atoms with Crippen molar-refractivity contribution in [2.45, 2.75) is 20.4 Å². The SMILES string of the molecule is Cc1cnc(CNCCNC(N)=O)c(C)c1[N+](=O)[O-]. The molecule has 0 aliphatic heterocycles. The summed E-state index contributed by atoms with van der Waals surface area (Å²) in [5, 5.41) is 16.4. The van der Waals surface area contributed by atoms with E-state index in [1.54, 1.807) is 13.8 Å². The van der Waals surface area contributed by atoms with Crippen LogP contribution < -0.4 is 16.4 Å². The highest BCUT2D eigenvalue weighted by Crippen LogP contribution is 2.23. The minimum absolute atomic E-state index is 0.0991. The van der Waals surface area contributed by atoms with Gasteiger partial charge in [0.1, 0.15) is 0 Å². The van der Waals surface area contributed by atoms with Crippen LogP contribution in [0.25, 0.3) is 0 Å². The zero-order valence-corrected chi connectivity index (χ0v) is 10.9. The van der Waals surface area contributed by atoms with Crippen molar-refractivity contribution in [1.29, 1.82) is 0 Å². The Hall–Kier alpha value is -2.22. The standard InChI is InChI=1S/C11H17N5O3/c1-7-5-15-9(8(2)10(7)16(18)19)6-13-3-4-14-11(12)17/h5,13H,3-4,6H2,1-2H3,(H3,12,14,17).